The maximum atomic E-state index is 9.31. The van der Waals surface area contributed by atoms with Crippen molar-refractivity contribution in [1.82, 2.24) is 15.1 Å². The number of benzene rings is 1. The van der Waals surface area contributed by atoms with Crippen LogP contribution in [0.15, 0.2) is 33.2 Å². The predicted molar refractivity (Wildman–Crippen MR) is 82.5 cm³/mol. The molecule has 1 aromatic heterocycles. The van der Waals surface area contributed by atoms with Gasteiger partial charge >= 0.3 is 0 Å². The van der Waals surface area contributed by atoms with Gasteiger partial charge in [0.15, 0.2) is 0 Å². The molecule has 1 aromatic carbocycles. The second-order valence-corrected chi connectivity index (χ2v) is 6.52. The molecule has 1 heterocycles. The summed E-state index contributed by atoms with van der Waals surface area (Å²) in [6.07, 6.45) is 1.70. The first-order valence-corrected chi connectivity index (χ1v) is 7.85. The molecule has 0 atom stereocenters. The number of hydrogen-bond donors (Lipinski definition) is 1. The van der Waals surface area contributed by atoms with Gasteiger partial charge in [0.05, 0.1) is 18.2 Å². The summed E-state index contributed by atoms with van der Waals surface area (Å²) in [5.41, 5.74) is 0.904. The molecule has 0 aliphatic heterocycles. The van der Waals surface area contributed by atoms with E-state index < -0.39 is 0 Å². The highest BCUT2D eigenvalue weighted by molar-refractivity contribution is 9.10. The third-order valence-electron chi connectivity index (χ3n) is 3.76. The zero-order valence-corrected chi connectivity index (χ0v) is 13.5. The lowest BCUT2D eigenvalue weighted by atomic mass is 9.82. The topological polar surface area (TPSA) is 62.4 Å². The molecule has 0 bridgehead atoms. The van der Waals surface area contributed by atoms with Crippen LogP contribution in [-0.4, -0.2) is 39.9 Å². The number of aromatic nitrogens is 2. The summed E-state index contributed by atoms with van der Waals surface area (Å²) in [6.45, 7) is 1.58. The quantitative estimate of drug-likeness (QED) is 0.897. The monoisotopic (exact) mass is 351 g/mol. The maximum Gasteiger partial charge on any atom is 0.248 e. The van der Waals surface area contributed by atoms with Gasteiger partial charge in [-0.15, -0.1) is 10.2 Å². The second-order valence-electron chi connectivity index (χ2n) is 5.67. The largest absolute Gasteiger partial charge is 0.419 e. The van der Waals surface area contributed by atoms with Crippen molar-refractivity contribution in [3.8, 4) is 11.5 Å². The molecule has 1 aliphatic rings. The molecule has 112 valence electrons. The van der Waals surface area contributed by atoms with E-state index in [1.165, 1.54) is 0 Å². The van der Waals surface area contributed by atoms with Gasteiger partial charge in [-0.05, 0) is 53.9 Å². The van der Waals surface area contributed by atoms with E-state index in [0.717, 1.165) is 29.4 Å². The molecular weight excluding hydrogens is 334 g/mol. The van der Waals surface area contributed by atoms with Crippen molar-refractivity contribution in [2.24, 2.45) is 5.92 Å². The molecule has 0 unspecified atom stereocenters. The summed E-state index contributed by atoms with van der Waals surface area (Å²) in [6, 6.07) is 7.79. The lowest BCUT2D eigenvalue weighted by Crippen LogP contribution is -2.36. The first-order chi connectivity index (χ1) is 10.1. The molecule has 1 saturated carbocycles. The summed E-state index contributed by atoms with van der Waals surface area (Å²) >= 11 is 3.49. The van der Waals surface area contributed by atoms with E-state index in [9.17, 15) is 5.11 Å². The average Bonchev–Trinajstić information content (AvgIpc) is 2.85. The fraction of sp³-hybridized carbons (Fsp3) is 0.467. The second kappa shape index (κ2) is 6.25. The number of aliphatic hydroxyl groups excluding tert-OH is 1. The molecule has 1 N–H and O–H groups in total. The Morgan fingerprint density at radius 1 is 1.33 bits per heavy atom. The van der Waals surface area contributed by atoms with Crippen LogP contribution in [0, 0.1) is 5.92 Å². The molecule has 21 heavy (non-hydrogen) atoms. The van der Waals surface area contributed by atoms with E-state index in [-0.39, 0.29) is 6.10 Å². The SMILES string of the molecule is CN(Cc1nnc(-c2ccccc2Br)o1)CC1CC(O)C1. The van der Waals surface area contributed by atoms with Crippen LogP contribution in [0.5, 0.6) is 0 Å². The maximum absolute atomic E-state index is 9.31. The zero-order valence-electron chi connectivity index (χ0n) is 11.9. The summed E-state index contributed by atoms with van der Waals surface area (Å²) in [4.78, 5) is 2.16. The molecule has 5 nitrogen and oxygen atoms in total. The molecular formula is C15H18BrN3O2. The van der Waals surface area contributed by atoms with E-state index in [1.807, 2.05) is 31.3 Å². The van der Waals surface area contributed by atoms with Gasteiger partial charge in [0.25, 0.3) is 0 Å². The van der Waals surface area contributed by atoms with Crippen LogP contribution in [-0.2, 0) is 6.54 Å². The highest BCUT2D eigenvalue weighted by Crippen LogP contribution is 2.29. The summed E-state index contributed by atoms with van der Waals surface area (Å²) in [5.74, 6) is 1.73. The highest BCUT2D eigenvalue weighted by Gasteiger charge is 2.28. The Kier molecular flexibility index (Phi) is 4.37. The number of aliphatic hydroxyl groups is 1. The number of halogens is 1. The van der Waals surface area contributed by atoms with Crippen molar-refractivity contribution in [3.05, 3.63) is 34.6 Å². The Labute approximate surface area is 132 Å². The van der Waals surface area contributed by atoms with Crippen molar-refractivity contribution in [3.63, 3.8) is 0 Å². The van der Waals surface area contributed by atoms with Crippen LogP contribution in [0.25, 0.3) is 11.5 Å². The predicted octanol–water partition coefficient (Wildman–Crippen LogP) is 2.70. The Bertz CT molecular complexity index is 610. The normalized spacial score (nSPS) is 21.5. The van der Waals surface area contributed by atoms with Crippen molar-refractivity contribution >= 4 is 15.9 Å². The van der Waals surface area contributed by atoms with Gasteiger partial charge in [-0.2, -0.15) is 0 Å². The fourth-order valence-corrected chi connectivity index (χ4v) is 3.10. The van der Waals surface area contributed by atoms with Crippen molar-refractivity contribution in [1.29, 1.82) is 0 Å². The van der Waals surface area contributed by atoms with Gasteiger partial charge in [-0.3, -0.25) is 4.90 Å². The lowest BCUT2D eigenvalue weighted by Gasteiger charge is -2.34. The lowest BCUT2D eigenvalue weighted by molar-refractivity contribution is 0.0264. The molecule has 2 aromatic rings. The Morgan fingerprint density at radius 3 is 2.81 bits per heavy atom. The van der Waals surface area contributed by atoms with Crippen LogP contribution in [0.2, 0.25) is 0 Å². The minimum Gasteiger partial charge on any atom is -0.419 e. The molecule has 3 rings (SSSR count). The van der Waals surface area contributed by atoms with Crippen LogP contribution in [0.4, 0.5) is 0 Å². The molecule has 1 aliphatic carbocycles. The van der Waals surface area contributed by atoms with E-state index in [4.69, 9.17) is 4.42 Å². The minimum absolute atomic E-state index is 0.103. The Hall–Kier alpha value is -1.24. The highest BCUT2D eigenvalue weighted by atomic mass is 79.9. The Morgan fingerprint density at radius 2 is 2.10 bits per heavy atom. The van der Waals surface area contributed by atoms with Gasteiger partial charge in [-0.25, -0.2) is 0 Å². The summed E-state index contributed by atoms with van der Waals surface area (Å²) in [5, 5.41) is 17.5. The van der Waals surface area contributed by atoms with Gasteiger partial charge < -0.3 is 9.52 Å². The summed E-state index contributed by atoms with van der Waals surface area (Å²) < 4.78 is 6.67. The first kappa shape index (κ1) is 14.7. The molecule has 6 heteroatoms. The van der Waals surface area contributed by atoms with Crippen LogP contribution in [0.1, 0.15) is 18.7 Å². The standard InChI is InChI=1S/C15H18BrN3O2/c1-19(8-10-6-11(20)7-10)9-14-17-18-15(21-14)12-4-2-3-5-13(12)16/h2-5,10-11,20H,6-9H2,1H3. The van der Waals surface area contributed by atoms with Crippen molar-refractivity contribution in [2.75, 3.05) is 13.6 Å². The van der Waals surface area contributed by atoms with Crippen LogP contribution < -0.4 is 0 Å². The van der Waals surface area contributed by atoms with E-state index >= 15 is 0 Å². The minimum atomic E-state index is -0.103. The van der Waals surface area contributed by atoms with Gasteiger partial charge in [0, 0.05) is 11.0 Å². The molecule has 0 radical (unpaired) electrons. The summed E-state index contributed by atoms with van der Waals surface area (Å²) in [7, 11) is 2.03. The van der Waals surface area contributed by atoms with Gasteiger partial charge in [0.2, 0.25) is 11.8 Å². The number of hydrogen-bond acceptors (Lipinski definition) is 5. The molecule has 1 fully saturated rings. The average molecular weight is 352 g/mol. The third-order valence-corrected chi connectivity index (χ3v) is 4.45. The van der Waals surface area contributed by atoms with E-state index in [2.05, 4.69) is 31.0 Å². The zero-order chi connectivity index (χ0) is 14.8. The number of nitrogens with zero attached hydrogens (tertiary/aromatic N) is 3. The van der Waals surface area contributed by atoms with Crippen molar-refractivity contribution in [2.45, 2.75) is 25.5 Å². The number of rotatable bonds is 5. The molecule has 0 saturated heterocycles. The van der Waals surface area contributed by atoms with E-state index in [0.29, 0.717) is 24.2 Å². The van der Waals surface area contributed by atoms with E-state index in [1.54, 1.807) is 0 Å². The fourth-order valence-electron chi connectivity index (χ4n) is 2.65. The third kappa shape index (κ3) is 3.51. The van der Waals surface area contributed by atoms with Crippen LogP contribution >= 0.6 is 15.9 Å². The first-order valence-electron chi connectivity index (χ1n) is 7.05. The molecule has 0 amide bonds. The van der Waals surface area contributed by atoms with Gasteiger partial charge in [-0.1, -0.05) is 12.1 Å². The smallest absolute Gasteiger partial charge is 0.248 e. The van der Waals surface area contributed by atoms with Crippen molar-refractivity contribution < 1.29 is 9.52 Å². The molecule has 0 spiro atoms. The van der Waals surface area contributed by atoms with Crippen LogP contribution in [0.3, 0.4) is 0 Å². The Balaban J connectivity index is 1.61. The van der Waals surface area contributed by atoms with Gasteiger partial charge in [0.1, 0.15) is 0 Å².